The number of esters is 1. The molecule has 154 valence electrons. The van der Waals surface area contributed by atoms with Crippen LogP contribution in [0.4, 0.5) is 10.5 Å². The second-order valence-corrected chi connectivity index (χ2v) is 7.14. The number of benzene rings is 1. The molecule has 0 heterocycles. The summed E-state index contributed by atoms with van der Waals surface area (Å²) in [6, 6.07) is 6.16. The molecule has 0 aliphatic carbocycles. The van der Waals surface area contributed by atoms with Crippen LogP contribution in [0.25, 0.3) is 0 Å². The van der Waals surface area contributed by atoms with Crippen molar-refractivity contribution in [3.8, 4) is 0 Å². The molecule has 0 saturated carbocycles. The van der Waals surface area contributed by atoms with E-state index in [-0.39, 0.29) is 30.3 Å². The molecule has 9 nitrogen and oxygen atoms in total. The van der Waals surface area contributed by atoms with Crippen LogP contribution in [-0.2, 0) is 14.3 Å². The molecular formula is C19H27N3O6. The maximum absolute atomic E-state index is 12.6. The average Bonchev–Trinajstić information content (AvgIpc) is 2.62. The number of carbonyl (C=O) groups is 4. The summed E-state index contributed by atoms with van der Waals surface area (Å²) in [7, 11) is 1.32. The molecule has 0 unspecified atom stereocenters. The minimum Gasteiger partial charge on any atom is -0.469 e. The Hall–Kier alpha value is -3.10. The molecule has 1 aromatic carbocycles. The second kappa shape index (κ2) is 10.3. The van der Waals surface area contributed by atoms with Crippen molar-refractivity contribution in [1.82, 2.24) is 10.4 Å². The van der Waals surface area contributed by atoms with Gasteiger partial charge in [-0.2, -0.15) is 0 Å². The number of amides is 3. The van der Waals surface area contributed by atoms with E-state index in [1.165, 1.54) is 19.2 Å². The minimum atomic E-state index is -1.33. The Bertz CT molecular complexity index is 709. The zero-order valence-electron chi connectivity index (χ0n) is 16.6. The van der Waals surface area contributed by atoms with Crippen LogP contribution >= 0.6 is 0 Å². The van der Waals surface area contributed by atoms with Gasteiger partial charge in [-0.05, 0) is 57.9 Å². The number of unbranched alkanes of at least 4 members (excludes halogenated alkanes) is 1. The van der Waals surface area contributed by atoms with Crippen LogP contribution in [0.2, 0.25) is 0 Å². The van der Waals surface area contributed by atoms with Crippen molar-refractivity contribution >= 4 is 29.6 Å². The summed E-state index contributed by atoms with van der Waals surface area (Å²) in [5.41, 5.74) is 2.14. The molecular weight excluding hydrogens is 366 g/mol. The van der Waals surface area contributed by atoms with Crippen LogP contribution in [0.1, 0.15) is 56.8 Å². The van der Waals surface area contributed by atoms with Gasteiger partial charge >= 0.3 is 12.1 Å². The highest BCUT2D eigenvalue weighted by molar-refractivity contribution is 5.96. The molecule has 3 amide bonds. The third kappa shape index (κ3) is 7.65. The molecule has 0 aromatic heterocycles. The van der Waals surface area contributed by atoms with E-state index < -0.39 is 17.5 Å². The van der Waals surface area contributed by atoms with Gasteiger partial charge in [0.15, 0.2) is 0 Å². The lowest BCUT2D eigenvalue weighted by molar-refractivity contribution is -0.140. The van der Waals surface area contributed by atoms with Gasteiger partial charge in [-0.25, -0.2) is 15.2 Å². The number of hydrogen-bond donors (Lipinski definition) is 3. The number of rotatable bonds is 7. The molecule has 9 heteroatoms. The number of methoxy groups -OCH3 is 1. The third-order valence-corrected chi connectivity index (χ3v) is 3.76. The highest BCUT2D eigenvalue weighted by Crippen LogP contribution is 2.17. The fourth-order valence-electron chi connectivity index (χ4n) is 2.32. The molecule has 0 spiro atoms. The minimum absolute atomic E-state index is 0.201. The van der Waals surface area contributed by atoms with Crippen molar-refractivity contribution in [2.45, 2.75) is 52.0 Å². The van der Waals surface area contributed by atoms with Gasteiger partial charge in [-0.3, -0.25) is 14.4 Å². The Morgan fingerprint density at radius 2 is 1.61 bits per heavy atom. The molecule has 1 rings (SSSR count). The van der Waals surface area contributed by atoms with Crippen molar-refractivity contribution in [2.75, 3.05) is 12.4 Å². The molecule has 0 fully saturated rings. The van der Waals surface area contributed by atoms with E-state index in [4.69, 9.17) is 5.11 Å². The quantitative estimate of drug-likeness (QED) is 0.372. The van der Waals surface area contributed by atoms with E-state index >= 15 is 0 Å². The summed E-state index contributed by atoms with van der Waals surface area (Å²) in [4.78, 5) is 46.5. The van der Waals surface area contributed by atoms with Gasteiger partial charge in [0.05, 0.1) is 12.6 Å². The number of hydrogen-bond acceptors (Lipinski definition) is 5. The lowest BCUT2D eigenvalue weighted by atomic mass is 10.1. The third-order valence-electron chi connectivity index (χ3n) is 3.76. The first-order valence-corrected chi connectivity index (χ1v) is 8.85. The normalized spacial score (nSPS) is 10.7. The van der Waals surface area contributed by atoms with E-state index in [1.54, 1.807) is 32.9 Å². The first-order valence-electron chi connectivity index (χ1n) is 8.85. The molecule has 0 saturated heterocycles. The molecule has 0 aliphatic rings. The van der Waals surface area contributed by atoms with E-state index in [1.807, 2.05) is 0 Å². The first kappa shape index (κ1) is 22.9. The van der Waals surface area contributed by atoms with Crippen LogP contribution in [-0.4, -0.2) is 46.6 Å². The second-order valence-electron chi connectivity index (χ2n) is 7.14. The summed E-state index contributed by atoms with van der Waals surface area (Å²) in [5.74, 6) is -1.01. The monoisotopic (exact) mass is 393 g/mol. The van der Waals surface area contributed by atoms with Crippen molar-refractivity contribution in [1.29, 1.82) is 0 Å². The van der Waals surface area contributed by atoms with Crippen LogP contribution in [0.3, 0.4) is 0 Å². The molecule has 3 N–H and O–H groups in total. The maximum atomic E-state index is 12.6. The van der Waals surface area contributed by atoms with E-state index in [0.717, 1.165) is 5.01 Å². The number of carboxylic acid groups (broad SMARTS) is 1. The van der Waals surface area contributed by atoms with Gasteiger partial charge in [-0.1, -0.05) is 0 Å². The fourth-order valence-corrected chi connectivity index (χ4v) is 2.32. The van der Waals surface area contributed by atoms with Gasteiger partial charge in [-0.15, -0.1) is 0 Å². The lowest BCUT2D eigenvalue weighted by Gasteiger charge is -2.34. The number of anilines is 1. The zero-order valence-corrected chi connectivity index (χ0v) is 16.6. The molecule has 0 bridgehead atoms. The summed E-state index contributed by atoms with van der Waals surface area (Å²) in [6.07, 6.45) is 0.318. The van der Waals surface area contributed by atoms with Gasteiger partial charge in [0.2, 0.25) is 5.91 Å². The number of ether oxygens (including phenoxy) is 1. The predicted octanol–water partition coefficient (Wildman–Crippen LogP) is 2.78. The molecule has 1 aromatic rings. The summed E-state index contributed by atoms with van der Waals surface area (Å²) in [5, 5.41) is 12.7. The van der Waals surface area contributed by atoms with Gasteiger partial charge < -0.3 is 15.2 Å². The smallest absolute Gasteiger partial charge is 0.423 e. The Kier molecular flexibility index (Phi) is 8.43. The molecule has 28 heavy (non-hydrogen) atoms. The van der Waals surface area contributed by atoms with Crippen LogP contribution in [0.15, 0.2) is 24.3 Å². The molecule has 0 aliphatic heterocycles. The average molecular weight is 393 g/mol. The van der Waals surface area contributed by atoms with Gasteiger partial charge in [0.1, 0.15) is 0 Å². The Morgan fingerprint density at radius 1 is 1.04 bits per heavy atom. The largest absolute Gasteiger partial charge is 0.469 e. The van der Waals surface area contributed by atoms with E-state index in [9.17, 15) is 19.2 Å². The van der Waals surface area contributed by atoms with Crippen molar-refractivity contribution in [3.63, 3.8) is 0 Å². The van der Waals surface area contributed by atoms with Crippen LogP contribution < -0.4 is 10.7 Å². The van der Waals surface area contributed by atoms with Crippen LogP contribution in [0.5, 0.6) is 0 Å². The summed E-state index contributed by atoms with van der Waals surface area (Å²) < 4.78 is 4.53. The van der Waals surface area contributed by atoms with Crippen molar-refractivity contribution < 1.29 is 29.0 Å². The highest BCUT2D eigenvalue weighted by atomic mass is 16.5. The van der Waals surface area contributed by atoms with Gasteiger partial charge in [0.25, 0.3) is 5.91 Å². The van der Waals surface area contributed by atoms with Crippen molar-refractivity contribution in [3.05, 3.63) is 29.8 Å². The van der Waals surface area contributed by atoms with Gasteiger partial charge in [0, 0.05) is 24.1 Å². The number of nitrogens with zero attached hydrogens (tertiary/aromatic N) is 1. The highest BCUT2D eigenvalue weighted by Gasteiger charge is 2.29. The number of nitrogens with one attached hydrogen (secondary N) is 2. The zero-order chi connectivity index (χ0) is 21.3. The van der Waals surface area contributed by atoms with Crippen LogP contribution in [0, 0.1) is 0 Å². The fraction of sp³-hybridized carbons (Fsp3) is 0.474. The molecule has 0 atom stereocenters. The maximum Gasteiger partial charge on any atom is 0.423 e. The Morgan fingerprint density at radius 3 is 2.11 bits per heavy atom. The number of hydrazine groups is 1. The molecule has 0 radical (unpaired) electrons. The SMILES string of the molecule is COC(=O)CCCCC(=O)Nc1ccc(C(=O)N(NC(=O)O)C(C)(C)C)cc1. The van der Waals surface area contributed by atoms with E-state index in [0.29, 0.717) is 18.5 Å². The topological polar surface area (TPSA) is 125 Å². The Balaban J connectivity index is 2.64. The predicted molar refractivity (Wildman–Crippen MR) is 103 cm³/mol. The summed E-state index contributed by atoms with van der Waals surface area (Å²) in [6.45, 7) is 5.11. The first-order chi connectivity index (χ1) is 13.0. The van der Waals surface area contributed by atoms with Crippen molar-refractivity contribution in [2.24, 2.45) is 0 Å². The van der Waals surface area contributed by atoms with E-state index in [2.05, 4.69) is 15.5 Å². The number of carbonyl (C=O) groups excluding carboxylic acids is 3. The standard InChI is InChI=1S/C19H27N3O6/c1-19(2,3)22(21-18(26)27)17(25)13-9-11-14(12-10-13)20-15(23)7-5-6-8-16(24)28-4/h9-12,21H,5-8H2,1-4H3,(H,20,23)(H,26,27). The summed E-state index contributed by atoms with van der Waals surface area (Å²) >= 11 is 0. The lowest BCUT2D eigenvalue weighted by Crippen LogP contribution is -2.55. The Labute approximate surface area is 164 Å².